The van der Waals surface area contributed by atoms with Gasteiger partial charge in [-0.3, -0.25) is 4.79 Å². The highest BCUT2D eigenvalue weighted by Gasteiger charge is 2.31. The first kappa shape index (κ1) is 18.6. The van der Waals surface area contributed by atoms with Gasteiger partial charge in [-0.05, 0) is 29.8 Å². The van der Waals surface area contributed by atoms with E-state index in [1.807, 2.05) is 12.1 Å². The van der Waals surface area contributed by atoms with Crippen LogP contribution in [0.15, 0.2) is 57.7 Å². The second-order valence-electron chi connectivity index (χ2n) is 5.35. The number of carbonyl (C=O) groups excluding carboxylic acids is 1. The van der Waals surface area contributed by atoms with Crippen molar-refractivity contribution >= 4 is 57.4 Å². The van der Waals surface area contributed by atoms with Crippen LogP contribution in [0.25, 0.3) is 22.1 Å². The molecule has 3 rings (SSSR count). The Bertz CT molecular complexity index is 1040. The molecule has 0 saturated heterocycles. The number of carbonyl (C=O) groups is 1. The smallest absolute Gasteiger partial charge is 0.344 e. The molecule has 2 aromatic carbocycles. The van der Waals surface area contributed by atoms with Crippen molar-refractivity contribution in [2.24, 2.45) is 0 Å². The van der Waals surface area contributed by atoms with Crippen molar-refractivity contribution in [3.63, 3.8) is 0 Å². The van der Waals surface area contributed by atoms with Gasteiger partial charge >= 0.3 is 5.63 Å². The monoisotopic (exact) mass is 411 g/mol. The molecule has 134 valence electrons. The number of amides is 1. The molecule has 1 heterocycles. The summed E-state index contributed by atoms with van der Waals surface area (Å²) >= 11 is 16.8. The molecule has 0 bridgehead atoms. The van der Waals surface area contributed by atoms with Gasteiger partial charge in [-0.15, -0.1) is 0 Å². The fraction of sp³-hybridized carbons (Fsp3) is 0.111. The van der Waals surface area contributed by atoms with E-state index in [9.17, 15) is 9.59 Å². The standard InChI is InChI=1S/C18H12Cl3NO4/c1-25-15-7-6-10(9-13(15)22-17(24)18(19,20)21)12-8-11-4-2-3-5-14(11)26-16(12)23/h2-9H,1H3,(H,22,24). The molecule has 1 aromatic heterocycles. The van der Waals surface area contributed by atoms with Crippen LogP contribution in [0.4, 0.5) is 5.69 Å². The summed E-state index contributed by atoms with van der Waals surface area (Å²) in [4.78, 5) is 24.3. The molecule has 0 aliphatic carbocycles. The van der Waals surface area contributed by atoms with E-state index < -0.39 is 15.3 Å². The zero-order valence-electron chi connectivity index (χ0n) is 13.4. The van der Waals surface area contributed by atoms with Crippen LogP contribution < -0.4 is 15.7 Å². The lowest BCUT2D eigenvalue weighted by molar-refractivity contribution is -0.115. The van der Waals surface area contributed by atoms with E-state index in [0.717, 1.165) is 5.39 Å². The van der Waals surface area contributed by atoms with Crippen LogP contribution in [-0.2, 0) is 4.79 Å². The number of hydrogen-bond acceptors (Lipinski definition) is 4. The summed E-state index contributed by atoms with van der Waals surface area (Å²) in [5.74, 6) is -0.495. The van der Waals surface area contributed by atoms with Crippen LogP contribution >= 0.6 is 34.8 Å². The van der Waals surface area contributed by atoms with Gasteiger partial charge in [-0.25, -0.2) is 4.79 Å². The molecule has 5 nitrogen and oxygen atoms in total. The molecule has 0 aliphatic rings. The summed E-state index contributed by atoms with van der Waals surface area (Å²) in [7, 11) is 1.43. The van der Waals surface area contributed by atoms with Gasteiger partial charge < -0.3 is 14.5 Å². The number of halogens is 3. The second kappa shape index (κ2) is 7.19. The number of ether oxygens (including phenoxy) is 1. The lowest BCUT2D eigenvalue weighted by Crippen LogP contribution is -2.27. The number of rotatable bonds is 3. The molecule has 0 radical (unpaired) electrons. The fourth-order valence-corrected chi connectivity index (χ4v) is 2.57. The SMILES string of the molecule is COc1ccc(-c2cc3ccccc3oc2=O)cc1NC(=O)C(Cl)(Cl)Cl. The Balaban J connectivity index is 2.09. The largest absolute Gasteiger partial charge is 0.495 e. The number of hydrogen-bond donors (Lipinski definition) is 1. The Labute approximate surface area is 163 Å². The van der Waals surface area contributed by atoms with E-state index in [-0.39, 0.29) is 5.69 Å². The van der Waals surface area contributed by atoms with Crippen molar-refractivity contribution in [3.8, 4) is 16.9 Å². The average Bonchev–Trinajstić information content (AvgIpc) is 2.60. The fourth-order valence-electron chi connectivity index (χ4n) is 2.43. The van der Waals surface area contributed by atoms with Crippen molar-refractivity contribution in [2.75, 3.05) is 12.4 Å². The maximum Gasteiger partial charge on any atom is 0.344 e. The molecule has 0 atom stereocenters. The molecular formula is C18H12Cl3NO4. The summed E-state index contributed by atoms with van der Waals surface area (Å²) in [6.45, 7) is 0. The van der Waals surface area contributed by atoms with Crippen LogP contribution in [0.3, 0.4) is 0 Å². The predicted molar refractivity (Wildman–Crippen MR) is 103 cm³/mol. The van der Waals surface area contributed by atoms with Crippen LogP contribution in [0.1, 0.15) is 0 Å². The van der Waals surface area contributed by atoms with Gasteiger partial charge in [0, 0.05) is 5.39 Å². The molecule has 3 aromatic rings. The molecule has 1 N–H and O–H groups in total. The van der Waals surface area contributed by atoms with Crippen molar-refractivity contribution < 1.29 is 13.9 Å². The van der Waals surface area contributed by atoms with Crippen molar-refractivity contribution in [3.05, 3.63) is 59.0 Å². The van der Waals surface area contributed by atoms with Crippen molar-refractivity contribution in [1.29, 1.82) is 0 Å². The van der Waals surface area contributed by atoms with Crippen molar-refractivity contribution in [2.45, 2.75) is 3.79 Å². The summed E-state index contributed by atoms with van der Waals surface area (Å²) < 4.78 is 8.41. The number of nitrogens with one attached hydrogen (secondary N) is 1. The predicted octanol–water partition coefficient (Wildman–Crippen LogP) is 4.78. The van der Waals surface area contributed by atoms with E-state index in [1.54, 1.807) is 36.4 Å². The molecule has 26 heavy (non-hydrogen) atoms. The molecule has 0 aliphatic heterocycles. The van der Waals surface area contributed by atoms with Gasteiger partial charge in [-0.2, -0.15) is 0 Å². The lowest BCUT2D eigenvalue weighted by atomic mass is 10.0. The van der Waals surface area contributed by atoms with Gasteiger partial charge in [0.1, 0.15) is 11.3 Å². The normalized spacial score (nSPS) is 11.4. The van der Waals surface area contributed by atoms with E-state index in [4.69, 9.17) is 44.0 Å². The molecule has 8 heteroatoms. The van der Waals surface area contributed by atoms with Gasteiger partial charge in [0.15, 0.2) is 0 Å². The Morgan fingerprint density at radius 2 is 1.85 bits per heavy atom. The third-order valence-corrected chi connectivity index (χ3v) is 4.17. The van der Waals surface area contributed by atoms with Crippen LogP contribution in [-0.4, -0.2) is 16.8 Å². The third-order valence-electron chi connectivity index (χ3n) is 3.66. The van der Waals surface area contributed by atoms with Crippen LogP contribution in [0, 0.1) is 0 Å². The maximum absolute atomic E-state index is 12.3. The van der Waals surface area contributed by atoms with Crippen molar-refractivity contribution in [1.82, 2.24) is 0 Å². The highest BCUT2D eigenvalue weighted by Crippen LogP contribution is 2.33. The summed E-state index contributed by atoms with van der Waals surface area (Å²) in [6, 6.07) is 13.7. The van der Waals surface area contributed by atoms with Gasteiger partial charge in [0.05, 0.1) is 18.4 Å². The first-order chi connectivity index (χ1) is 12.3. The Morgan fingerprint density at radius 1 is 1.12 bits per heavy atom. The number of alkyl halides is 3. The minimum Gasteiger partial charge on any atom is -0.495 e. The minimum atomic E-state index is -2.14. The molecule has 0 spiro atoms. The molecule has 0 unspecified atom stereocenters. The van der Waals surface area contributed by atoms with E-state index in [2.05, 4.69) is 5.32 Å². The number of anilines is 1. The van der Waals surface area contributed by atoms with Gasteiger partial charge in [-0.1, -0.05) is 59.1 Å². The van der Waals surface area contributed by atoms with E-state index in [0.29, 0.717) is 22.5 Å². The maximum atomic E-state index is 12.3. The Morgan fingerprint density at radius 3 is 2.54 bits per heavy atom. The first-order valence-corrected chi connectivity index (χ1v) is 8.52. The summed E-state index contributed by atoms with van der Waals surface area (Å²) in [6.07, 6.45) is 0. The van der Waals surface area contributed by atoms with Crippen LogP contribution in [0.5, 0.6) is 5.75 Å². The summed E-state index contributed by atoms with van der Waals surface area (Å²) in [5.41, 5.74) is 1.08. The highest BCUT2D eigenvalue weighted by atomic mass is 35.6. The van der Waals surface area contributed by atoms with E-state index >= 15 is 0 Å². The zero-order chi connectivity index (χ0) is 18.9. The van der Waals surface area contributed by atoms with E-state index in [1.165, 1.54) is 7.11 Å². The number of para-hydroxylation sites is 1. The molecule has 1 amide bonds. The molecule has 0 fully saturated rings. The minimum absolute atomic E-state index is 0.258. The Kier molecular flexibility index (Phi) is 5.14. The molecule has 0 saturated carbocycles. The van der Waals surface area contributed by atoms with Crippen LogP contribution in [0.2, 0.25) is 0 Å². The second-order valence-corrected chi connectivity index (χ2v) is 7.63. The van der Waals surface area contributed by atoms with Gasteiger partial charge in [0.25, 0.3) is 9.70 Å². The highest BCUT2D eigenvalue weighted by molar-refractivity contribution is 6.76. The molecular weight excluding hydrogens is 401 g/mol. The number of benzene rings is 2. The topological polar surface area (TPSA) is 68.5 Å². The quantitative estimate of drug-likeness (QED) is 0.497. The third kappa shape index (κ3) is 3.80. The average molecular weight is 413 g/mol. The summed E-state index contributed by atoms with van der Waals surface area (Å²) in [5, 5.41) is 3.24. The van der Waals surface area contributed by atoms with Gasteiger partial charge in [0.2, 0.25) is 0 Å². The lowest BCUT2D eigenvalue weighted by Gasteiger charge is -2.15. The zero-order valence-corrected chi connectivity index (χ0v) is 15.7. The number of fused-ring (bicyclic) bond motifs is 1. The number of methoxy groups -OCH3 is 1. The Hall–Kier alpha value is -2.21. The first-order valence-electron chi connectivity index (χ1n) is 7.39.